The first kappa shape index (κ1) is 12.5. The van der Waals surface area contributed by atoms with Crippen molar-refractivity contribution in [2.24, 2.45) is 0 Å². The molecule has 0 amide bonds. The Labute approximate surface area is 121 Å². The van der Waals surface area contributed by atoms with Gasteiger partial charge in [0, 0.05) is 0 Å². The second-order valence-electron chi connectivity index (χ2n) is 4.60. The Balaban J connectivity index is 1.96. The topological polar surface area (TPSA) is 24.9 Å². The summed E-state index contributed by atoms with van der Waals surface area (Å²) in [6, 6.07) is 12.2. The van der Waals surface area contributed by atoms with E-state index in [1.165, 1.54) is 10.3 Å². The smallest absolute Gasteiger partial charge is 0.188 e. The SMILES string of the molecule is Cc1ccc(Nc2nc3ccc(C)cc3s2)c(Cl)c1. The Kier molecular flexibility index (Phi) is 3.17. The number of halogens is 1. The number of aromatic nitrogens is 1. The molecule has 0 aliphatic carbocycles. The molecule has 1 heterocycles. The molecule has 0 aliphatic heterocycles. The zero-order valence-electron chi connectivity index (χ0n) is 10.7. The van der Waals surface area contributed by atoms with Gasteiger partial charge in [-0.3, -0.25) is 0 Å². The summed E-state index contributed by atoms with van der Waals surface area (Å²) in [7, 11) is 0. The number of fused-ring (bicyclic) bond motifs is 1. The van der Waals surface area contributed by atoms with Crippen molar-refractivity contribution < 1.29 is 0 Å². The lowest BCUT2D eigenvalue weighted by Gasteiger charge is -2.05. The molecule has 1 aromatic heterocycles. The number of nitrogens with zero attached hydrogens (tertiary/aromatic N) is 1. The van der Waals surface area contributed by atoms with Crippen LogP contribution in [-0.2, 0) is 0 Å². The first-order valence-electron chi connectivity index (χ1n) is 6.02. The van der Waals surface area contributed by atoms with Gasteiger partial charge in [0.15, 0.2) is 5.13 Å². The number of anilines is 2. The molecule has 0 fully saturated rings. The lowest BCUT2D eigenvalue weighted by atomic mass is 10.2. The van der Waals surface area contributed by atoms with Crippen molar-refractivity contribution in [3.05, 3.63) is 52.5 Å². The van der Waals surface area contributed by atoms with Crippen LogP contribution in [0.4, 0.5) is 10.8 Å². The number of benzene rings is 2. The van der Waals surface area contributed by atoms with Crippen molar-refractivity contribution in [2.45, 2.75) is 13.8 Å². The molecule has 1 N–H and O–H groups in total. The van der Waals surface area contributed by atoms with Crippen molar-refractivity contribution in [3.63, 3.8) is 0 Å². The molecule has 96 valence electrons. The van der Waals surface area contributed by atoms with Gasteiger partial charge < -0.3 is 5.32 Å². The molecule has 0 unspecified atom stereocenters. The molecule has 0 saturated heterocycles. The van der Waals surface area contributed by atoms with Crippen LogP contribution >= 0.6 is 22.9 Å². The number of nitrogens with one attached hydrogen (secondary N) is 1. The summed E-state index contributed by atoms with van der Waals surface area (Å²) in [4.78, 5) is 4.56. The summed E-state index contributed by atoms with van der Waals surface area (Å²) in [6.07, 6.45) is 0. The quantitative estimate of drug-likeness (QED) is 0.691. The van der Waals surface area contributed by atoms with E-state index in [2.05, 4.69) is 29.4 Å². The molecular formula is C15H13ClN2S. The number of thiazole rings is 1. The molecule has 0 aliphatic rings. The van der Waals surface area contributed by atoms with Crippen molar-refractivity contribution in [1.82, 2.24) is 4.98 Å². The van der Waals surface area contributed by atoms with Crippen LogP contribution in [0.2, 0.25) is 5.02 Å². The number of hydrogen-bond donors (Lipinski definition) is 1. The summed E-state index contributed by atoms with van der Waals surface area (Å²) in [5.41, 5.74) is 4.30. The first-order valence-corrected chi connectivity index (χ1v) is 7.21. The highest BCUT2D eigenvalue weighted by Gasteiger charge is 2.06. The molecular weight excluding hydrogens is 276 g/mol. The number of rotatable bonds is 2. The van der Waals surface area contributed by atoms with E-state index in [0.29, 0.717) is 0 Å². The zero-order chi connectivity index (χ0) is 13.4. The van der Waals surface area contributed by atoms with Gasteiger partial charge in [-0.05, 0) is 49.2 Å². The molecule has 2 aromatic carbocycles. The van der Waals surface area contributed by atoms with E-state index in [9.17, 15) is 0 Å². The van der Waals surface area contributed by atoms with Gasteiger partial charge in [-0.1, -0.05) is 35.1 Å². The Morgan fingerprint density at radius 3 is 2.58 bits per heavy atom. The molecule has 0 spiro atoms. The minimum absolute atomic E-state index is 0.718. The van der Waals surface area contributed by atoms with Crippen LogP contribution in [0.1, 0.15) is 11.1 Å². The van der Waals surface area contributed by atoms with Crippen LogP contribution in [0.3, 0.4) is 0 Å². The van der Waals surface area contributed by atoms with E-state index in [4.69, 9.17) is 11.6 Å². The molecule has 2 nitrogen and oxygen atoms in total. The van der Waals surface area contributed by atoms with Crippen LogP contribution < -0.4 is 5.32 Å². The van der Waals surface area contributed by atoms with E-state index in [-0.39, 0.29) is 0 Å². The van der Waals surface area contributed by atoms with Gasteiger partial charge in [0.25, 0.3) is 0 Å². The molecule has 0 saturated carbocycles. The van der Waals surface area contributed by atoms with Gasteiger partial charge in [0.2, 0.25) is 0 Å². The van der Waals surface area contributed by atoms with Gasteiger partial charge in [-0.2, -0.15) is 0 Å². The Morgan fingerprint density at radius 1 is 1.05 bits per heavy atom. The normalized spacial score (nSPS) is 10.9. The average Bonchev–Trinajstić information content (AvgIpc) is 2.74. The largest absolute Gasteiger partial charge is 0.330 e. The van der Waals surface area contributed by atoms with Gasteiger partial charge in [-0.25, -0.2) is 4.98 Å². The summed E-state index contributed by atoms with van der Waals surface area (Å²) in [5.74, 6) is 0. The van der Waals surface area contributed by atoms with Crippen LogP contribution in [0.25, 0.3) is 10.2 Å². The number of hydrogen-bond acceptors (Lipinski definition) is 3. The molecule has 0 bridgehead atoms. The average molecular weight is 289 g/mol. The van der Waals surface area contributed by atoms with Gasteiger partial charge in [0.05, 0.1) is 20.9 Å². The van der Waals surface area contributed by atoms with Crippen LogP contribution in [0, 0.1) is 13.8 Å². The molecule has 4 heteroatoms. The van der Waals surface area contributed by atoms with Crippen molar-refractivity contribution in [1.29, 1.82) is 0 Å². The van der Waals surface area contributed by atoms with E-state index in [1.54, 1.807) is 11.3 Å². The third-order valence-corrected chi connectivity index (χ3v) is 4.16. The highest BCUT2D eigenvalue weighted by Crippen LogP contribution is 2.31. The Bertz CT molecular complexity index is 749. The predicted molar refractivity (Wildman–Crippen MR) is 83.8 cm³/mol. The fourth-order valence-electron chi connectivity index (χ4n) is 1.92. The summed E-state index contributed by atoms with van der Waals surface area (Å²) in [6.45, 7) is 4.11. The predicted octanol–water partition coefficient (Wildman–Crippen LogP) is 5.31. The fourth-order valence-corrected chi connectivity index (χ4v) is 3.18. The third kappa shape index (κ3) is 2.57. The second-order valence-corrected chi connectivity index (χ2v) is 6.04. The zero-order valence-corrected chi connectivity index (χ0v) is 12.3. The second kappa shape index (κ2) is 4.83. The maximum atomic E-state index is 6.22. The van der Waals surface area contributed by atoms with Crippen LogP contribution in [0.15, 0.2) is 36.4 Å². The van der Waals surface area contributed by atoms with Crippen molar-refractivity contribution in [3.8, 4) is 0 Å². The Morgan fingerprint density at radius 2 is 1.79 bits per heavy atom. The summed E-state index contributed by atoms with van der Waals surface area (Å²) < 4.78 is 1.19. The minimum Gasteiger partial charge on any atom is -0.330 e. The number of aryl methyl sites for hydroxylation is 2. The third-order valence-electron chi connectivity index (χ3n) is 2.91. The minimum atomic E-state index is 0.718. The van der Waals surface area contributed by atoms with Gasteiger partial charge in [-0.15, -0.1) is 0 Å². The monoisotopic (exact) mass is 288 g/mol. The van der Waals surface area contributed by atoms with E-state index < -0.39 is 0 Å². The standard InChI is InChI=1S/C15H13ClN2S/c1-9-3-5-12(11(16)7-9)17-15-18-13-6-4-10(2)8-14(13)19-15/h3-8H,1-2H3,(H,17,18). The Hall–Kier alpha value is -1.58. The highest BCUT2D eigenvalue weighted by molar-refractivity contribution is 7.22. The summed E-state index contributed by atoms with van der Waals surface area (Å²) >= 11 is 7.86. The molecule has 0 atom stereocenters. The molecule has 19 heavy (non-hydrogen) atoms. The van der Waals surface area contributed by atoms with E-state index >= 15 is 0 Å². The maximum Gasteiger partial charge on any atom is 0.188 e. The lowest BCUT2D eigenvalue weighted by Crippen LogP contribution is -1.90. The van der Waals surface area contributed by atoms with Crippen molar-refractivity contribution >= 4 is 44.0 Å². The fraction of sp³-hybridized carbons (Fsp3) is 0.133. The molecule has 3 rings (SSSR count). The molecule has 0 radical (unpaired) electrons. The summed E-state index contributed by atoms with van der Waals surface area (Å²) in [5, 5.41) is 4.87. The maximum absolute atomic E-state index is 6.22. The van der Waals surface area contributed by atoms with E-state index in [0.717, 1.165) is 26.9 Å². The van der Waals surface area contributed by atoms with Crippen LogP contribution in [-0.4, -0.2) is 4.98 Å². The highest BCUT2D eigenvalue weighted by atomic mass is 35.5. The van der Waals surface area contributed by atoms with E-state index in [1.807, 2.05) is 31.2 Å². The lowest BCUT2D eigenvalue weighted by molar-refractivity contribution is 1.41. The van der Waals surface area contributed by atoms with Gasteiger partial charge >= 0.3 is 0 Å². The molecule has 3 aromatic rings. The van der Waals surface area contributed by atoms with Gasteiger partial charge in [0.1, 0.15) is 0 Å². The van der Waals surface area contributed by atoms with Crippen molar-refractivity contribution in [2.75, 3.05) is 5.32 Å². The van der Waals surface area contributed by atoms with Crippen LogP contribution in [0.5, 0.6) is 0 Å². The first-order chi connectivity index (χ1) is 9.11.